The van der Waals surface area contributed by atoms with Gasteiger partial charge in [-0.25, -0.2) is 0 Å². The second-order valence-electron chi connectivity index (χ2n) is 4.88. The van der Waals surface area contributed by atoms with Crippen LogP contribution in [0.4, 0.5) is 0 Å². The smallest absolute Gasteiger partial charge is 0.0492 e. The molecule has 2 atom stereocenters. The van der Waals surface area contributed by atoms with E-state index in [2.05, 4.69) is 23.0 Å². The van der Waals surface area contributed by atoms with Crippen molar-refractivity contribution < 1.29 is 0 Å². The standard InChI is InChI=1S/C12H22N4/c1-10-7-11(8-13)9-16(10)6-4-12-3-5-14-15(12)2/h3,5,10-11H,4,6-9,13H2,1-2H3. The van der Waals surface area contributed by atoms with Gasteiger partial charge < -0.3 is 5.73 Å². The van der Waals surface area contributed by atoms with Gasteiger partial charge in [0.1, 0.15) is 0 Å². The molecule has 2 rings (SSSR count). The summed E-state index contributed by atoms with van der Waals surface area (Å²) in [5.41, 5.74) is 7.04. The van der Waals surface area contributed by atoms with Gasteiger partial charge in [0.25, 0.3) is 0 Å². The fourth-order valence-corrected chi connectivity index (χ4v) is 2.60. The van der Waals surface area contributed by atoms with Gasteiger partial charge in [0.2, 0.25) is 0 Å². The van der Waals surface area contributed by atoms with Gasteiger partial charge in [-0.2, -0.15) is 5.10 Å². The van der Waals surface area contributed by atoms with Crippen LogP contribution in [0.1, 0.15) is 19.0 Å². The van der Waals surface area contributed by atoms with Crippen molar-refractivity contribution in [2.45, 2.75) is 25.8 Å². The Bertz CT molecular complexity index is 334. The Hall–Kier alpha value is -0.870. The summed E-state index contributed by atoms with van der Waals surface area (Å²) < 4.78 is 1.96. The maximum absolute atomic E-state index is 5.73. The van der Waals surface area contributed by atoms with Crippen molar-refractivity contribution >= 4 is 0 Å². The van der Waals surface area contributed by atoms with Crippen molar-refractivity contribution in [3.8, 4) is 0 Å². The summed E-state index contributed by atoms with van der Waals surface area (Å²) in [5.74, 6) is 0.696. The monoisotopic (exact) mass is 222 g/mol. The molecule has 2 N–H and O–H groups in total. The number of rotatable bonds is 4. The van der Waals surface area contributed by atoms with Crippen molar-refractivity contribution in [2.24, 2.45) is 18.7 Å². The van der Waals surface area contributed by atoms with Gasteiger partial charge in [-0.1, -0.05) is 0 Å². The summed E-state index contributed by atoms with van der Waals surface area (Å²) in [4.78, 5) is 2.55. The maximum atomic E-state index is 5.73. The topological polar surface area (TPSA) is 47.1 Å². The maximum Gasteiger partial charge on any atom is 0.0492 e. The normalized spacial score (nSPS) is 26.4. The van der Waals surface area contributed by atoms with E-state index in [4.69, 9.17) is 5.73 Å². The first-order valence-corrected chi connectivity index (χ1v) is 6.11. The number of hydrogen-bond donors (Lipinski definition) is 1. The van der Waals surface area contributed by atoms with E-state index in [1.54, 1.807) is 0 Å². The Kier molecular flexibility index (Phi) is 3.61. The van der Waals surface area contributed by atoms with E-state index in [1.165, 1.54) is 12.1 Å². The first-order valence-electron chi connectivity index (χ1n) is 6.11. The van der Waals surface area contributed by atoms with E-state index in [1.807, 2.05) is 17.9 Å². The van der Waals surface area contributed by atoms with Crippen LogP contribution in [0.15, 0.2) is 12.3 Å². The minimum absolute atomic E-state index is 0.682. The third kappa shape index (κ3) is 2.44. The van der Waals surface area contributed by atoms with Crippen LogP contribution in [0, 0.1) is 5.92 Å². The molecule has 1 aliphatic rings. The van der Waals surface area contributed by atoms with Gasteiger partial charge in [0.15, 0.2) is 0 Å². The van der Waals surface area contributed by atoms with E-state index < -0.39 is 0 Å². The Balaban J connectivity index is 1.85. The van der Waals surface area contributed by atoms with Crippen LogP contribution in [0.2, 0.25) is 0 Å². The first kappa shape index (κ1) is 11.6. The highest BCUT2D eigenvalue weighted by Gasteiger charge is 2.27. The third-order valence-electron chi connectivity index (χ3n) is 3.70. The lowest BCUT2D eigenvalue weighted by molar-refractivity contribution is 0.266. The summed E-state index contributed by atoms with van der Waals surface area (Å²) in [5, 5.41) is 4.19. The molecular formula is C12H22N4. The van der Waals surface area contributed by atoms with Gasteiger partial charge in [-0.05, 0) is 31.9 Å². The minimum Gasteiger partial charge on any atom is -0.330 e. The van der Waals surface area contributed by atoms with Gasteiger partial charge in [0.05, 0.1) is 0 Å². The summed E-state index contributed by atoms with van der Waals surface area (Å²) in [6.07, 6.45) is 4.20. The van der Waals surface area contributed by atoms with Crippen LogP contribution in [0.5, 0.6) is 0 Å². The molecule has 0 spiro atoms. The Morgan fingerprint density at radius 3 is 2.94 bits per heavy atom. The van der Waals surface area contributed by atoms with E-state index in [9.17, 15) is 0 Å². The highest BCUT2D eigenvalue weighted by Crippen LogP contribution is 2.22. The summed E-state index contributed by atoms with van der Waals surface area (Å²) in [7, 11) is 2.01. The molecule has 0 aliphatic carbocycles. The molecule has 2 heterocycles. The molecule has 16 heavy (non-hydrogen) atoms. The summed E-state index contributed by atoms with van der Waals surface area (Å²) in [6, 6.07) is 2.78. The van der Waals surface area contributed by atoms with Gasteiger partial charge in [-0.3, -0.25) is 9.58 Å². The van der Waals surface area contributed by atoms with Crippen molar-refractivity contribution in [2.75, 3.05) is 19.6 Å². The van der Waals surface area contributed by atoms with Crippen molar-refractivity contribution in [1.82, 2.24) is 14.7 Å². The molecule has 1 aromatic rings. The molecule has 90 valence electrons. The first-order chi connectivity index (χ1) is 7.70. The third-order valence-corrected chi connectivity index (χ3v) is 3.70. The van der Waals surface area contributed by atoms with Gasteiger partial charge in [-0.15, -0.1) is 0 Å². The van der Waals surface area contributed by atoms with Crippen molar-refractivity contribution in [3.05, 3.63) is 18.0 Å². The lowest BCUT2D eigenvalue weighted by atomic mass is 10.1. The Morgan fingerprint density at radius 1 is 1.56 bits per heavy atom. The Morgan fingerprint density at radius 2 is 2.38 bits per heavy atom. The number of nitrogens with two attached hydrogens (primary N) is 1. The predicted octanol–water partition coefficient (Wildman–Crippen LogP) is 0.632. The highest BCUT2D eigenvalue weighted by molar-refractivity contribution is 5.01. The van der Waals surface area contributed by atoms with Crippen molar-refractivity contribution in [1.29, 1.82) is 0 Å². The van der Waals surface area contributed by atoms with Gasteiger partial charge >= 0.3 is 0 Å². The quantitative estimate of drug-likeness (QED) is 0.813. The molecule has 0 aromatic carbocycles. The highest BCUT2D eigenvalue weighted by atomic mass is 15.3. The molecule has 0 bridgehead atoms. The zero-order chi connectivity index (χ0) is 11.5. The Labute approximate surface area is 97.4 Å². The molecule has 0 radical (unpaired) electrons. The fourth-order valence-electron chi connectivity index (χ4n) is 2.60. The molecule has 0 saturated carbocycles. The van der Waals surface area contributed by atoms with E-state index in [0.29, 0.717) is 12.0 Å². The molecule has 2 unspecified atom stereocenters. The molecular weight excluding hydrogens is 200 g/mol. The molecule has 0 amide bonds. The number of hydrogen-bond acceptors (Lipinski definition) is 3. The fraction of sp³-hybridized carbons (Fsp3) is 0.750. The van der Waals surface area contributed by atoms with Crippen LogP contribution in [0.25, 0.3) is 0 Å². The molecule has 1 aromatic heterocycles. The zero-order valence-electron chi connectivity index (χ0n) is 10.3. The molecule has 4 nitrogen and oxygen atoms in total. The lowest BCUT2D eigenvalue weighted by Crippen LogP contribution is -2.30. The average molecular weight is 222 g/mol. The largest absolute Gasteiger partial charge is 0.330 e. The number of aromatic nitrogens is 2. The molecule has 4 heteroatoms. The summed E-state index contributed by atoms with van der Waals surface area (Å²) in [6.45, 7) is 5.41. The zero-order valence-corrected chi connectivity index (χ0v) is 10.3. The second-order valence-corrected chi connectivity index (χ2v) is 4.88. The van der Waals surface area contributed by atoms with Gasteiger partial charge in [0, 0.05) is 44.5 Å². The van der Waals surface area contributed by atoms with Crippen LogP contribution >= 0.6 is 0 Å². The van der Waals surface area contributed by atoms with E-state index in [0.717, 1.165) is 26.1 Å². The molecule has 1 aliphatic heterocycles. The van der Waals surface area contributed by atoms with Crippen LogP contribution in [0.3, 0.4) is 0 Å². The van der Waals surface area contributed by atoms with Crippen LogP contribution in [-0.2, 0) is 13.5 Å². The van der Waals surface area contributed by atoms with Crippen LogP contribution in [-0.4, -0.2) is 40.4 Å². The summed E-state index contributed by atoms with van der Waals surface area (Å²) >= 11 is 0. The van der Waals surface area contributed by atoms with E-state index in [-0.39, 0.29) is 0 Å². The van der Waals surface area contributed by atoms with E-state index >= 15 is 0 Å². The number of aryl methyl sites for hydroxylation is 1. The number of nitrogens with zero attached hydrogens (tertiary/aromatic N) is 3. The lowest BCUT2D eigenvalue weighted by Gasteiger charge is -2.20. The number of likely N-dealkylation sites (tertiary alicyclic amines) is 1. The van der Waals surface area contributed by atoms with Crippen molar-refractivity contribution in [3.63, 3.8) is 0 Å². The predicted molar refractivity (Wildman–Crippen MR) is 65.1 cm³/mol. The van der Waals surface area contributed by atoms with Crippen LogP contribution < -0.4 is 5.73 Å². The molecule has 1 fully saturated rings. The molecule has 1 saturated heterocycles. The SMILES string of the molecule is CC1CC(CN)CN1CCc1ccnn1C. The minimum atomic E-state index is 0.682. The second kappa shape index (κ2) is 4.97. The average Bonchev–Trinajstić information content (AvgIpc) is 2.82.